The maximum atomic E-state index is 11.0. The van der Waals surface area contributed by atoms with Crippen LogP contribution in [-0.2, 0) is 13.5 Å². The molecule has 1 aromatic heterocycles. The van der Waals surface area contributed by atoms with Gasteiger partial charge in [-0.25, -0.2) is 0 Å². The van der Waals surface area contributed by atoms with Gasteiger partial charge < -0.3 is 0 Å². The second-order valence-electron chi connectivity index (χ2n) is 4.46. The Bertz CT molecular complexity index is 604. The van der Waals surface area contributed by atoms with Crippen molar-refractivity contribution in [1.82, 2.24) is 9.78 Å². The van der Waals surface area contributed by atoms with Crippen LogP contribution in [0.15, 0.2) is 29.3 Å². The summed E-state index contributed by atoms with van der Waals surface area (Å²) >= 11 is 1.92. The first-order chi connectivity index (χ1) is 8.79. The molecule has 2 aromatic rings. The summed E-state index contributed by atoms with van der Waals surface area (Å²) < 4.78 is 1.77. The molecule has 0 aliphatic carbocycles. The van der Waals surface area contributed by atoms with E-state index in [1.165, 1.54) is 22.6 Å². The van der Waals surface area contributed by atoms with Gasteiger partial charge in [0, 0.05) is 17.5 Å². The van der Waals surface area contributed by atoms with Crippen molar-refractivity contribution in [3.8, 4) is 11.3 Å². The molecular weight excluding hydrogens is 244 g/mol. The molecule has 18 heavy (non-hydrogen) atoms. The SMILES string of the molecule is Cn1ncc(C=O)c1-c1ccc2c(c1)CCCS2. The monoisotopic (exact) mass is 258 g/mol. The molecule has 1 aliphatic rings. The summed E-state index contributed by atoms with van der Waals surface area (Å²) in [5.41, 5.74) is 4.03. The number of aryl methyl sites for hydroxylation is 2. The lowest BCUT2D eigenvalue weighted by atomic mass is 10.0. The number of rotatable bonds is 2. The van der Waals surface area contributed by atoms with Gasteiger partial charge in [0.25, 0.3) is 0 Å². The lowest BCUT2D eigenvalue weighted by Gasteiger charge is -2.16. The highest BCUT2D eigenvalue weighted by Crippen LogP contribution is 2.33. The first kappa shape index (κ1) is 11.5. The minimum Gasteiger partial charge on any atom is -0.298 e. The fraction of sp³-hybridized carbons (Fsp3) is 0.286. The van der Waals surface area contributed by atoms with E-state index in [2.05, 4.69) is 23.3 Å². The molecule has 1 aliphatic heterocycles. The smallest absolute Gasteiger partial charge is 0.153 e. The predicted octanol–water partition coefficient (Wildman–Crippen LogP) is 2.94. The molecule has 0 N–H and O–H groups in total. The van der Waals surface area contributed by atoms with E-state index in [1.807, 2.05) is 18.8 Å². The number of fused-ring (bicyclic) bond motifs is 1. The van der Waals surface area contributed by atoms with Crippen LogP contribution >= 0.6 is 11.8 Å². The average molecular weight is 258 g/mol. The fourth-order valence-corrected chi connectivity index (χ4v) is 3.42. The molecular formula is C14H14N2OS. The van der Waals surface area contributed by atoms with E-state index in [4.69, 9.17) is 0 Å². The molecule has 92 valence electrons. The lowest BCUT2D eigenvalue weighted by molar-refractivity contribution is 0.112. The van der Waals surface area contributed by atoms with Crippen LogP contribution in [0.1, 0.15) is 22.3 Å². The van der Waals surface area contributed by atoms with Crippen LogP contribution in [0.25, 0.3) is 11.3 Å². The summed E-state index contributed by atoms with van der Waals surface area (Å²) in [5, 5.41) is 4.16. The van der Waals surface area contributed by atoms with Crippen LogP contribution in [0, 0.1) is 0 Å². The van der Waals surface area contributed by atoms with Gasteiger partial charge in [-0.3, -0.25) is 9.48 Å². The van der Waals surface area contributed by atoms with Gasteiger partial charge >= 0.3 is 0 Å². The summed E-state index contributed by atoms with van der Waals surface area (Å²) in [5.74, 6) is 1.21. The zero-order valence-electron chi connectivity index (χ0n) is 10.2. The summed E-state index contributed by atoms with van der Waals surface area (Å²) in [6.07, 6.45) is 4.85. The first-order valence-electron chi connectivity index (χ1n) is 6.03. The van der Waals surface area contributed by atoms with E-state index in [0.717, 1.165) is 24.0 Å². The zero-order valence-corrected chi connectivity index (χ0v) is 11.0. The molecule has 0 saturated heterocycles. The first-order valence-corrected chi connectivity index (χ1v) is 7.01. The molecule has 0 radical (unpaired) electrons. The van der Waals surface area contributed by atoms with E-state index < -0.39 is 0 Å². The van der Waals surface area contributed by atoms with Crippen LogP contribution in [0.3, 0.4) is 0 Å². The summed E-state index contributed by atoms with van der Waals surface area (Å²) in [7, 11) is 1.87. The molecule has 4 heteroatoms. The molecule has 0 bridgehead atoms. The average Bonchev–Trinajstić information content (AvgIpc) is 2.79. The third-order valence-electron chi connectivity index (χ3n) is 3.28. The molecule has 3 nitrogen and oxygen atoms in total. The minimum atomic E-state index is 0.654. The van der Waals surface area contributed by atoms with E-state index >= 15 is 0 Å². The number of aldehydes is 1. The maximum Gasteiger partial charge on any atom is 0.153 e. The van der Waals surface area contributed by atoms with Crippen LogP contribution in [0.4, 0.5) is 0 Å². The van der Waals surface area contributed by atoms with Crippen molar-refractivity contribution in [2.45, 2.75) is 17.7 Å². The van der Waals surface area contributed by atoms with Gasteiger partial charge in [-0.05, 0) is 36.3 Å². The van der Waals surface area contributed by atoms with Crippen LogP contribution < -0.4 is 0 Å². The lowest BCUT2D eigenvalue weighted by Crippen LogP contribution is -2.00. The molecule has 0 amide bonds. The highest BCUT2D eigenvalue weighted by atomic mass is 32.2. The summed E-state index contributed by atoms with van der Waals surface area (Å²) in [4.78, 5) is 12.4. The van der Waals surface area contributed by atoms with Gasteiger partial charge in [0.2, 0.25) is 0 Å². The highest BCUT2D eigenvalue weighted by molar-refractivity contribution is 7.99. The third kappa shape index (κ3) is 1.86. The molecule has 0 atom stereocenters. The Morgan fingerprint density at radius 1 is 1.44 bits per heavy atom. The fourth-order valence-electron chi connectivity index (χ4n) is 2.40. The van der Waals surface area contributed by atoms with Crippen molar-refractivity contribution < 1.29 is 4.79 Å². The summed E-state index contributed by atoms with van der Waals surface area (Å²) in [6, 6.07) is 6.45. The highest BCUT2D eigenvalue weighted by Gasteiger charge is 2.14. The van der Waals surface area contributed by atoms with Crippen molar-refractivity contribution in [2.24, 2.45) is 7.05 Å². The molecule has 0 fully saturated rings. The van der Waals surface area contributed by atoms with Crippen LogP contribution in [-0.4, -0.2) is 21.8 Å². The number of benzene rings is 1. The topological polar surface area (TPSA) is 34.9 Å². The number of hydrogen-bond acceptors (Lipinski definition) is 3. The Labute approximate surface area is 110 Å². The van der Waals surface area contributed by atoms with E-state index in [0.29, 0.717) is 5.56 Å². The second kappa shape index (κ2) is 4.61. The molecule has 3 rings (SSSR count). The van der Waals surface area contributed by atoms with Crippen LogP contribution in [0.2, 0.25) is 0 Å². The molecule has 0 saturated carbocycles. The number of hydrogen-bond donors (Lipinski definition) is 0. The Balaban J connectivity index is 2.11. The van der Waals surface area contributed by atoms with E-state index in [9.17, 15) is 4.79 Å². The number of nitrogens with zero attached hydrogens (tertiary/aromatic N) is 2. The number of carbonyl (C=O) groups is 1. The van der Waals surface area contributed by atoms with E-state index in [1.54, 1.807) is 10.9 Å². The summed E-state index contributed by atoms with van der Waals surface area (Å²) in [6.45, 7) is 0. The van der Waals surface area contributed by atoms with Gasteiger partial charge in [-0.1, -0.05) is 6.07 Å². The van der Waals surface area contributed by atoms with Crippen LogP contribution in [0.5, 0.6) is 0 Å². The standard InChI is InChI=1S/C14H14N2OS/c1-16-14(12(9-17)8-15-16)11-4-5-13-10(7-11)3-2-6-18-13/h4-5,7-9H,2-3,6H2,1H3. The van der Waals surface area contributed by atoms with Gasteiger partial charge in [-0.2, -0.15) is 5.10 Å². The van der Waals surface area contributed by atoms with Crippen molar-refractivity contribution in [3.63, 3.8) is 0 Å². The van der Waals surface area contributed by atoms with Gasteiger partial charge in [0.1, 0.15) is 0 Å². The number of thioether (sulfide) groups is 1. The third-order valence-corrected chi connectivity index (χ3v) is 4.48. The van der Waals surface area contributed by atoms with Crippen molar-refractivity contribution in [1.29, 1.82) is 0 Å². The Morgan fingerprint density at radius 2 is 2.33 bits per heavy atom. The van der Waals surface area contributed by atoms with Crippen molar-refractivity contribution >= 4 is 18.0 Å². The normalized spacial score (nSPS) is 14.3. The number of aromatic nitrogens is 2. The van der Waals surface area contributed by atoms with Gasteiger partial charge in [-0.15, -0.1) is 11.8 Å². The minimum absolute atomic E-state index is 0.654. The molecule has 2 heterocycles. The Kier molecular flexibility index (Phi) is 2.96. The molecule has 0 spiro atoms. The predicted molar refractivity (Wildman–Crippen MR) is 73.1 cm³/mol. The molecule has 0 unspecified atom stereocenters. The second-order valence-corrected chi connectivity index (χ2v) is 5.60. The Hall–Kier alpha value is -1.55. The van der Waals surface area contributed by atoms with Crippen molar-refractivity contribution in [3.05, 3.63) is 35.5 Å². The van der Waals surface area contributed by atoms with Gasteiger partial charge in [0.05, 0.1) is 17.5 Å². The Morgan fingerprint density at radius 3 is 3.17 bits per heavy atom. The number of carbonyl (C=O) groups excluding carboxylic acids is 1. The van der Waals surface area contributed by atoms with E-state index in [-0.39, 0.29) is 0 Å². The van der Waals surface area contributed by atoms with Crippen molar-refractivity contribution in [2.75, 3.05) is 5.75 Å². The zero-order chi connectivity index (χ0) is 12.5. The maximum absolute atomic E-state index is 11.0. The van der Waals surface area contributed by atoms with Gasteiger partial charge in [0.15, 0.2) is 6.29 Å². The molecule has 1 aromatic carbocycles. The largest absolute Gasteiger partial charge is 0.298 e. The quantitative estimate of drug-likeness (QED) is 0.777.